The zero-order chi connectivity index (χ0) is 9.23. The average molecular weight is 174 g/mol. The quantitative estimate of drug-likeness (QED) is 0.384. The summed E-state index contributed by atoms with van der Waals surface area (Å²) in [7, 11) is 0. The van der Waals surface area contributed by atoms with E-state index >= 15 is 0 Å². The first-order chi connectivity index (χ1) is 5.85. The Morgan fingerprint density at radius 2 is 1.92 bits per heavy atom. The molecule has 0 aliphatic carbocycles. The highest BCUT2D eigenvalue weighted by Crippen LogP contribution is 1.90. The molecule has 0 rings (SSSR count). The van der Waals surface area contributed by atoms with E-state index in [0.717, 1.165) is 0 Å². The molecule has 0 heterocycles. The Kier molecular flexibility index (Phi) is 8.07. The van der Waals surface area contributed by atoms with Crippen molar-refractivity contribution in [1.29, 1.82) is 0 Å². The Balaban J connectivity index is 3.35. The topological polar surface area (TPSA) is 58.9 Å². The van der Waals surface area contributed by atoms with Crippen molar-refractivity contribution in [2.45, 2.75) is 6.10 Å². The van der Waals surface area contributed by atoms with E-state index in [9.17, 15) is 0 Å². The SMILES string of the molecule is C#CC(COCCO)OCCO. The van der Waals surface area contributed by atoms with Crippen LogP contribution >= 0.6 is 0 Å². The molecule has 0 aliphatic rings. The van der Waals surface area contributed by atoms with Gasteiger partial charge in [0.2, 0.25) is 0 Å². The highest BCUT2D eigenvalue weighted by molar-refractivity contribution is 4.94. The third-order valence-corrected chi connectivity index (χ3v) is 1.10. The first kappa shape index (κ1) is 11.4. The Bertz CT molecular complexity index is 130. The van der Waals surface area contributed by atoms with Gasteiger partial charge in [0, 0.05) is 0 Å². The zero-order valence-electron chi connectivity index (χ0n) is 6.90. The molecule has 0 radical (unpaired) electrons. The summed E-state index contributed by atoms with van der Waals surface area (Å²) in [5.41, 5.74) is 0. The van der Waals surface area contributed by atoms with Gasteiger partial charge in [-0.25, -0.2) is 0 Å². The van der Waals surface area contributed by atoms with Crippen LogP contribution in [-0.4, -0.2) is 49.4 Å². The summed E-state index contributed by atoms with van der Waals surface area (Å²) in [4.78, 5) is 0. The van der Waals surface area contributed by atoms with Gasteiger partial charge >= 0.3 is 0 Å². The minimum Gasteiger partial charge on any atom is -0.394 e. The van der Waals surface area contributed by atoms with E-state index in [0.29, 0.717) is 0 Å². The maximum atomic E-state index is 8.41. The minimum atomic E-state index is -0.441. The van der Waals surface area contributed by atoms with Crippen molar-refractivity contribution in [3.63, 3.8) is 0 Å². The van der Waals surface area contributed by atoms with Crippen molar-refractivity contribution in [3.05, 3.63) is 0 Å². The molecule has 0 aromatic rings. The number of hydrogen-bond donors (Lipinski definition) is 2. The Hall–Kier alpha value is -0.600. The van der Waals surface area contributed by atoms with Gasteiger partial charge in [0.1, 0.15) is 6.10 Å². The van der Waals surface area contributed by atoms with Gasteiger partial charge in [-0.05, 0) is 0 Å². The lowest BCUT2D eigenvalue weighted by Crippen LogP contribution is -2.20. The van der Waals surface area contributed by atoms with E-state index in [2.05, 4.69) is 5.92 Å². The van der Waals surface area contributed by atoms with Gasteiger partial charge in [-0.1, -0.05) is 5.92 Å². The maximum Gasteiger partial charge on any atom is 0.141 e. The smallest absolute Gasteiger partial charge is 0.141 e. The summed E-state index contributed by atoms with van der Waals surface area (Å²) >= 11 is 0. The molecule has 0 aromatic heterocycles. The molecular formula is C8H14O4. The molecule has 0 saturated heterocycles. The van der Waals surface area contributed by atoms with Crippen LogP contribution in [0.25, 0.3) is 0 Å². The third-order valence-electron chi connectivity index (χ3n) is 1.10. The lowest BCUT2D eigenvalue weighted by Gasteiger charge is -2.10. The van der Waals surface area contributed by atoms with Crippen molar-refractivity contribution in [2.75, 3.05) is 33.0 Å². The standard InChI is InChI=1S/C8H14O4/c1-2-8(12-6-4-10)7-11-5-3-9/h1,8-10H,3-7H2. The molecule has 0 fully saturated rings. The fraction of sp³-hybridized carbons (Fsp3) is 0.750. The molecule has 2 N–H and O–H groups in total. The van der Waals surface area contributed by atoms with Gasteiger partial charge in [-0.2, -0.15) is 0 Å². The molecule has 4 heteroatoms. The molecule has 12 heavy (non-hydrogen) atoms. The monoisotopic (exact) mass is 174 g/mol. The largest absolute Gasteiger partial charge is 0.394 e. The fourth-order valence-corrected chi connectivity index (χ4v) is 0.594. The summed E-state index contributed by atoms with van der Waals surface area (Å²) < 4.78 is 9.93. The van der Waals surface area contributed by atoms with Crippen LogP contribution in [0.3, 0.4) is 0 Å². The molecule has 0 saturated carbocycles. The molecule has 70 valence electrons. The second-order valence-corrected chi connectivity index (χ2v) is 2.05. The van der Waals surface area contributed by atoms with Crippen LogP contribution in [0.2, 0.25) is 0 Å². The van der Waals surface area contributed by atoms with Crippen LogP contribution in [0.15, 0.2) is 0 Å². The van der Waals surface area contributed by atoms with Crippen molar-refractivity contribution >= 4 is 0 Å². The maximum absolute atomic E-state index is 8.41. The number of ether oxygens (including phenoxy) is 2. The van der Waals surface area contributed by atoms with Crippen molar-refractivity contribution in [3.8, 4) is 12.3 Å². The van der Waals surface area contributed by atoms with Crippen LogP contribution in [0.1, 0.15) is 0 Å². The summed E-state index contributed by atoms with van der Waals surface area (Å²) in [6, 6.07) is 0. The van der Waals surface area contributed by atoms with Gasteiger partial charge in [-0.3, -0.25) is 0 Å². The van der Waals surface area contributed by atoms with Gasteiger partial charge in [0.05, 0.1) is 33.0 Å². The predicted octanol–water partition coefficient (Wildman–Crippen LogP) is -0.994. The summed E-state index contributed by atoms with van der Waals surface area (Å²) in [6.45, 7) is 0.616. The zero-order valence-corrected chi connectivity index (χ0v) is 6.90. The van der Waals surface area contributed by atoms with Crippen LogP contribution < -0.4 is 0 Å². The Morgan fingerprint density at radius 3 is 2.42 bits per heavy atom. The predicted molar refractivity (Wildman–Crippen MR) is 43.6 cm³/mol. The second-order valence-electron chi connectivity index (χ2n) is 2.05. The molecule has 0 amide bonds. The van der Waals surface area contributed by atoms with E-state index in [-0.39, 0.29) is 33.0 Å². The lowest BCUT2D eigenvalue weighted by molar-refractivity contribution is -0.00750. The van der Waals surface area contributed by atoms with Gasteiger partial charge in [-0.15, -0.1) is 6.42 Å². The van der Waals surface area contributed by atoms with Gasteiger partial charge < -0.3 is 19.7 Å². The van der Waals surface area contributed by atoms with Crippen LogP contribution in [-0.2, 0) is 9.47 Å². The first-order valence-corrected chi connectivity index (χ1v) is 3.72. The van der Waals surface area contributed by atoms with Crippen LogP contribution in [0.5, 0.6) is 0 Å². The van der Waals surface area contributed by atoms with E-state index in [1.807, 2.05) is 0 Å². The van der Waals surface area contributed by atoms with Crippen molar-refractivity contribution in [2.24, 2.45) is 0 Å². The first-order valence-electron chi connectivity index (χ1n) is 3.72. The molecular weight excluding hydrogens is 160 g/mol. The number of rotatable bonds is 7. The molecule has 0 aliphatic heterocycles. The van der Waals surface area contributed by atoms with E-state index in [4.69, 9.17) is 26.1 Å². The Morgan fingerprint density at radius 1 is 1.25 bits per heavy atom. The fourth-order valence-electron chi connectivity index (χ4n) is 0.594. The molecule has 4 nitrogen and oxygen atoms in total. The van der Waals surface area contributed by atoms with Crippen LogP contribution in [0.4, 0.5) is 0 Å². The summed E-state index contributed by atoms with van der Waals surface area (Å²) in [6.07, 6.45) is 4.66. The molecule has 0 aromatic carbocycles. The molecule has 1 atom stereocenters. The summed E-state index contributed by atoms with van der Waals surface area (Å²) in [5.74, 6) is 2.36. The van der Waals surface area contributed by atoms with E-state index in [1.165, 1.54) is 0 Å². The highest BCUT2D eigenvalue weighted by atomic mass is 16.5. The number of aliphatic hydroxyl groups excluding tert-OH is 2. The number of hydrogen-bond acceptors (Lipinski definition) is 4. The minimum absolute atomic E-state index is 0.0305. The molecule has 0 spiro atoms. The normalized spacial score (nSPS) is 12.4. The second kappa shape index (κ2) is 8.50. The Labute approximate surface area is 72.1 Å². The average Bonchev–Trinajstić information content (AvgIpc) is 2.11. The number of terminal acetylenes is 1. The van der Waals surface area contributed by atoms with Crippen molar-refractivity contribution in [1.82, 2.24) is 0 Å². The highest BCUT2D eigenvalue weighted by Gasteiger charge is 2.03. The third kappa shape index (κ3) is 6.13. The van der Waals surface area contributed by atoms with Crippen LogP contribution in [0, 0.1) is 12.3 Å². The lowest BCUT2D eigenvalue weighted by atomic mass is 10.4. The summed E-state index contributed by atoms with van der Waals surface area (Å²) in [5, 5.41) is 16.8. The van der Waals surface area contributed by atoms with E-state index < -0.39 is 6.10 Å². The molecule has 0 bridgehead atoms. The van der Waals surface area contributed by atoms with E-state index in [1.54, 1.807) is 0 Å². The van der Waals surface area contributed by atoms with Gasteiger partial charge in [0.15, 0.2) is 0 Å². The molecule has 1 unspecified atom stereocenters. The van der Waals surface area contributed by atoms with Gasteiger partial charge in [0.25, 0.3) is 0 Å². The van der Waals surface area contributed by atoms with Crippen molar-refractivity contribution < 1.29 is 19.7 Å². The number of aliphatic hydroxyl groups is 2.